The van der Waals surface area contributed by atoms with Crippen molar-refractivity contribution in [1.29, 1.82) is 0 Å². The van der Waals surface area contributed by atoms with Gasteiger partial charge in [-0.3, -0.25) is 14.4 Å². The highest BCUT2D eigenvalue weighted by Gasteiger charge is 2.30. The Kier molecular flexibility index (Phi) is 7.88. The minimum Gasteiger partial charge on any atom is -0.480 e. The van der Waals surface area contributed by atoms with Gasteiger partial charge in [-0.15, -0.1) is 0 Å². The third-order valence-electron chi connectivity index (χ3n) is 5.74. The SMILES string of the molecule is CC(C)[C@H](NC(=O)OCC1c2ccccc2-c2ccccc21)C(=O)NCC(=O)N[C@H](C)C(=O)O. The Balaban J connectivity index is 1.57. The summed E-state index contributed by atoms with van der Waals surface area (Å²) in [5.74, 6) is -2.78. The van der Waals surface area contributed by atoms with Gasteiger partial charge in [-0.25, -0.2) is 4.79 Å². The van der Waals surface area contributed by atoms with Crippen molar-refractivity contribution in [2.24, 2.45) is 5.92 Å². The monoisotopic (exact) mass is 467 g/mol. The number of hydrogen-bond donors (Lipinski definition) is 4. The summed E-state index contributed by atoms with van der Waals surface area (Å²) in [6.07, 6.45) is -0.736. The molecule has 3 amide bonds. The van der Waals surface area contributed by atoms with Crippen LogP contribution in [0.25, 0.3) is 11.1 Å². The molecule has 1 aliphatic carbocycles. The number of carboxylic acids is 1. The number of nitrogens with one attached hydrogen (secondary N) is 3. The number of ether oxygens (including phenoxy) is 1. The fourth-order valence-electron chi connectivity index (χ4n) is 3.93. The molecule has 0 saturated carbocycles. The molecule has 0 spiro atoms. The van der Waals surface area contributed by atoms with Crippen LogP contribution in [0.1, 0.15) is 37.8 Å². The van der Waals surface area contributed by atoms with E-state index in [0.717, 1.165) is 22.3 Å². The fraction of sp³-hybridized carbons (Fsp3) is 0.360. The Bertz CT molecular complexity index is 1040. The molecule has 0 aliphatic heterocycles. The Morgan fingerprint density at radius 3 is 2.00 bits per heavy atom. The van der Waals surface area contributed by atoms with Crippen LogP contribution in [0.4, 0.5) is 4.79 Å². The summed E-state index contributed by atoms with van der Waals surface area (Å²) < 4.78 is 5.50. The van der Waals surface area contributed by atoms with Gasteiger partial charge in [-0.1, -0.05) is 62.4 Å². The number of rotatable bonds is 9. The van der Waals surface area contributed by atoms with Crippen molar-refractivity contribution < 1.29 is 29.0 Å². The van der Waals surface area contributed by atoms with E-state index in [1.165, 1.54) is 6.92 Å². The lowest BCUT2D eigenvalue weighted by atomic mass is 9.98. The van der Waals surface area contributed by atoms with Gasteiger partial charge in [-0.2, -0.15) is 0 Å². The zero-order chi connectivity index (χ0) is 24.8. The molecule has 0 radical (unpaired) electrons. The molecule has 0 aromatic heterocycles. The third kappa shape index (κ3) is 5.72. The van der Waals surface area contributed by atoms with Crippen LogP contribution in [-0.2, 0) is 19.1 Å². The van der Waals surface area contributed by atoms with Gasteiger partial charge in [0.05, 0.1) is 6.54 Å². The van der Waals surface area contributed by atoms with Gasteiger partial charge in [0.1, 0.15) is 18.7 Å². The second kappa shape index (κ2) is 10.8. The quantitative estimate of drug-likeness (QED) is 0.447. The number of aliphatic carboxylic acids is 1. The molecule has 3 rings (SSSR count). The number of carbonyl (C=O) groups is 4. The van der Waals surface area contributed by atoms with Gasteiger partial charge in [-0.05, 0) is 35.1 Å². The summed E-state index contributed by atoms with van der Waals surface area (Å²) >= 11 is 0. The number of carboxylic acid groups (broad SMARTS) is 1. The van der Waals surface area contributed by atoms with Crippen molar-refractivity contribution >= 4 is 23.9 Å². The molecule has 34 heavy (non-hydrogen) atoms. The highest BCUT2D eigenvalue weighted by Crippen LogP contribution is 2.44. The molecule has 9 nitrogen and oxygen atoms in total. The minimum absolute atomic E-state index is 0.107. The van der Waals surface area contributed by atoms with Crippen LogP contribution in [0.2, 0.25) is 0 Å². The average molecular weight is 468 g/mol. The van der Waals surface area contributed by atoms with Gasteiger partial charge in [0.2, 0.25) is 11.8 Å². The van der Waals surface area contributed by atoms with Crippen LogP contribution < -0.4 is 16.0 Å². The summed E-state index contributed by atoms with van der Waals surface area (Å²) in [5.41, 5.74) is 4.39. The van der Waals surface area contributed by atoms with Crippen molar-refractivity contribution in [1.82, 2.24) is 16.0 Å². The lowest BCUT2D eigenvalue weighted by molar-refractivity contribution is -0.141. The maximum absolute atomic E-state index is 12.6. The summed E-state index contributed by atoms with van der Waals surface area (Å²) in [7, 11) is 0. The number of alkyl carbamates (subject to hydrolysis) is 1. The van der Waals surface area contributed by atoms with Crippen molar-refractivity contribution in [3.63, 3.8) is 0 Å². The van der Waals surface area contributed by atoms with E-state index < -0.39 is 42.5 Å². The van der Waals surface area contributed by atoms with E-state index in [2.05, 4.69) is 16.0 Å². The Labute approximate surface area is 197 Å². The molecular formula is C25H29N3O6. The van der Waals surface area contributed by atoms with Crippen LogP contribution in [0, 0.1) is 5.92 Å². The second-order valence-corrected chi connectivity index (χ2v) is 8.54. The summed E-state index contributed by atoms with van der Waals surface area (Å²) in [6.45, 7) is 4.52. The lowest BCUT2D eigenvalue weighted by Crippen LogP contribution is -2.52. The van der Waals surface area contributed by atoms with Gasteiger partial charge in [0.15, 0.2) is 0 Å². The van der Waals surface area contributed by atoms with Crippen molar-refractivity contribution in [2.75, 3.05) is 13.2 Å². The van der Waals surface area contributed by atoms with E-state index in [1.54, 1.807) is 13.8 Å². The average Bonchev–Trinajstić information content (AvgIpc) is 3.13. The molecular weight excluding hydrogens is 438 g/mol. The van der Waals surface area contributed by atoms with E-state index in [-0.39, 0.29) is 18.4 Å². The first-order chi connectivity index (χ1) is 16.2. The lowest BCUT2D eigenvalue weighted by Gasteiger charge is -2.22. The molecule has 0 saturated heterocycles. The van der Waals surface area contributed by atoms with E-state index in [0.29, 0.717) is 0 Å². The third-order valence-corrected chi connectivity index (χ3v) is 5.74. The largest absolute Gasteiger partial charge is 0.480 e. The Morgan fingerprint density at radius 1 is 0.912 bits per heavy atom. The van der Waals surface area contributed by atoms with Crippen LogP contribution in [-0.4, -0.2) is 54.2 Å². The first kappa shape index (κ1) is 24.8. The summed E-state index contributed by atoms with van der Waals surface area (Å²) in [6, 6.07) is 13.9. The number of hydrogen-bond acceptors (Lipinski definition) is 5. The van der Waals surface area contributed by atoms with Gasteiger partial charge < -0.3 is 25.8 Å². The maximum atomic E-state index is 12.6. The highest BCUT2D eigenvalue weighted by molar-refractivity contribution is 5.91. The first-order valence-electron chi connectivity index (χ1n) is 11.1. The Hall–Kier alpha value is -3.88. The van der Waals surface area contributed by atoms with Crippen LogP contribution in [0.3, 0.4) is 0 Å². The second-order valence-electron chi connectivity index (χ2n) is 8.54. The zero-order valence-electron chi connectivity index (χ0n) is 19.3. The number of amides is 3. The molecule has 4 N–H and O–H groups in total. The molecule has 180 valence electrons. The fourth-order valence-corrected chi connectivity index (χ4v) is 3.93. The van der Waals surface area contributed by atoms with Crippen molar-refractivity contribution in [3.05, 3.63) is 59.7 Å². The molecule has 2 aromatic rings. The first-order valence-corrected chi connectivity index (χ1v) is 11.1. The van der Waals surface area contributed by atoms with Crippen LogP contribution in [0.15, 0.2) is 48.5 Å². The zero-order valence-corrected chi connectivity index (χ0v) is 19.3. The number of fused-ring (bicyclic) bond motifs is 3. The number of benzene rings is 2. The van der Waals surface area contributed by atoms with Gasteiger partial charge >= 0.3 is 12.1 Å². The predicted octanol–water partition coefficient (Wildman–Crippen LogP) is 2.26. The van der Waals surface area contributed by atoms with Crippen molar-refractivity contribution in [2.45, 2.75) is 38.8 Å². The standard InChI is InChI=1S/C25H29N3O6/c1-14(2)22(23(30)26-12-21(29)27-15(3)24(31)32)28-25(33)34-13-20-18-10-6-4-8-16(18)17-9-5-7-11-19(17)20/h4-11,14-15,20,22H,12-13H2,1-3H3,(H,26,30)(H,27,29)(H,28,33)(H,31,32)/t15-,22+/m1/s1. The maximum Gasteiger partial charge on any atom is 0.407 e. The molecule has 1 aliphatic rings. The predicted molar refractivity (Wildman–Crippen MR) is 125 cm³/mol. The van der Waals surface area contributed by atoms with E-state index in [4.69, 9.17) is 9.84 Å². The molecule has 0 unspecified atom stereocenters. The molecule has 0 heterocycles. The topological polar surface area (TPSA) is 134 Å². The molecule has 9 heteroatoms. The Morgan fingerprint density at radius 2 is 1.47 bits per heavy atom. The van der Waals surface area contributed by atoms with Gasteiger partial charge in [0.25, 0.3) is 0 Å². The normalized spacial score (nSPS) is 13.9. The number of carbonyl (C=O) groups excluding carboxylic acids is 3. The van der Waals surface area contributed by atoms with E-state index >= 15 is 0 Å². The molecule has 2 atom stereocenters. The smallest absolute Gasteiger partial charge is 0.407 e. The molecule has 2 aromatic carbocycles. The minimum atomic E-state index is -1.18. The summed E-state index contributed by atoms with van der Waals surface area (Å²) in [5, 5.41) is 16.1. The van der Waals surface area contributed by atoms with E-state index in [9.17, 15) is 19.2 Å². The van der Waals surface area contributed by atoms with Crippen LogP contribution >= 0.6 is 0 Å². The summed E-state index contributed by atoms with van der Waals surface area (Å²) in [4.78, 5) is 47.7. The van der Waals surface area contributed by atoms with Crippen LogP contribution in [0.5, 0.6) is 0 Å². The highest BCUT2D eigenvalue weighted by atomic mass is 16.5. The van der Waals surface area contributed by atoms with Crippen molar-refractivity contribution in [3.8, 4) is 11.1 Å². The molecule has 0 bridgehead atoms. The molecule has 0 fully saturated rings. The van der Waals surface area contributed by atoms with Gasteiger partial charge in [0, 0.05) is 5.92 Å². The van der Waals surface area contributed by atoms with E-state index in [1.807, 2.05) is 48.5 Å².